The molecule has 11 aromatic rings. The molecule has 0 N–H and O–H groups in total. The maximum absolute atomic E-state index is 2.49. The summed E-state index contributed by atoms with van der Waals surface area (Å²) in [6, 6.07) is 73.9. The molecule has 2 nitrogen and oxygen atoms in total. The third-order valence-electron chi connectivity index (χ3n) is 12.1. The Balaban J connectivity index is 1.19. The van der Waals surface area contributed by atoms with Crippen molar-refractivity contribution in [1.82, 2.24) is 4.57 Å². The Labute approximate surface area is 339 Å². The molecular formula is C56H42N2. The minimum absolute atomic E-state index is 0.0387. The molecule has 10 aromatic carbocycles. The van der Waals surface area contributed by atoms with Crippen molar-refractivity contribution in [3.8, 4) is 27.9 Å². The van der Waals surface area contributed by atoms with Crippen LogP contribution >= 0.6 is 0 Å². The van der Waals surface area contributed by atoms with E-state index in [-0.39, 0.29) is 5.41 Å². The molecule has 0 spiro atoms. The number of fused-ring (bicyclic) bond motifs is 3. The van der Waals surface area contributed by atoms with Gasteiger partial charge in [-0.15, -0.1) is 0 Å². The molecule has 1 aromatic heterocycles. The summed E-state index contributed by atoms with van der Waals surface area (Å²) in [5.41, 5.74) is 13.2. The van der Waals surface area contributed by atoms with E-state index in [2.05, 4.69) is 230 Å². The molecule has 0 aliphatic rings. The number of nitrogens with zero attached hydrogens (tertiary/aromatic N) is 2. The zero-order valence-electron chi connectivity index (χ0n) is 32.9. The molecule has 0 atom stereocenters. The van der Waals surface area contributed by atoms with E-state index in [1.165, 1.54) is 87.6 Å². The summed E-state index contributed by atoms with van der Waals surface area (Å²) in [5.74, 6) is 0. The maximum atomic E-state index is 2.49. The van der Waals surface area contributed by atoms with Gasteiger partial charge in [0.1, 0.15) is 0 Å². The molecule has 0 saturated carbocycles. The lowest BCUT2D eigenvalue weighted by Gasteiger charge is -2.31. The van der Waals surface area contributed by atoms with Crippen LogP contribution in [0.4, 0.5) is 17.1 Å². The summed E-state index contributed by atoms with van der Waals surface area (Å²) in [4.78, 5) is 2.49. The van der Waals surface area contributed by atoms with Crippen molar-refractivity contribution in [2.75, 3.05) is 4.90 Å². The van der Waals surface area contributed by atoms with Crippen molar-refractivity contribution >= 4 is 71.2 Å². The van der Waals surface area contributed by atoms with E-state index in [9.17, 15) is 0 Å². The Hall–Kier alpha value is -7.16. The quantitative estimate of drug-likeness (QED) is 0.154. The van der Waals surface area contributed by atoms with Crippen molar-refractivity contribution in [1.29, 1.82) is 0 Å². The number of para-hydroxylation sites is 3. The summed E-state index contributed by atoms with van der Waals surface area (Å²) in [5, 5.41) is 10.1. The summed E-state index contributed by atoms with van der Waals surface area (Å²) >= 11 is 0. The Bertz CT molecular complexity index is 3260. The van der Waals surface area contributed by atoms with Crippen LogP contribution in [0.25, 0.3) is 82.1 Å². The summed E-state index contributed by atoms with van der Waals surface area (Å²) < 4.78 is 2.46. The molecule has 0 aliphatic carbocycles. The Morgan fingerprint density at radius 1 is 0.379 bits per heavy atom. The first-order chi connectivity index (χ1) is 28.4. The lowest BCUT2D eigenvalue weighted by molar-refractivity contribution is 0.590. The van der Waals surface area contributed by atoms with E-state index in [0.29, 0.717) is 0 Å². The molecule has 0 saturated heterocycles. The van der Waals surface area contributed by atoms with Gasteiger partial charge in [-0.2, -0.15) is 0 Å². The van der Waals surface area contributed by atoms with E-state index in [1.807, 2.05) is 0 Å². The SMILES string of the molecule is CC(C)(C)c1ccc(N(c2ccccc2-c2ccccc2-c2ccccc2)c2ccc3ccc4c(-n5c6ccccc6c6ccccc65)ccc5ccc2c3c54)cc1. The fourth-order valence-electron chi connectivity index (χ4n) is 9.34. The minimum atomic E-state index is 0.0387. The zero-order chi connectivity index (χ0) is 39.0. The van der Waals surface area contributed by atoms with Crippen molar-refractivity contribution in [3.63, 3.8) is 0 Å². The van der Waals surface area contributed by atoms with Crippen LogP contribution in [-0.4, -0.2) is 4.57 Å². The van der Waals surface area contributed by atoms with Crippen molar-refractivity contribution < 1.29 is 0 Å². The molecule has 0 amide bonds. The smallest absolute Gasteiger partial charge is 0.0541 e. The van der Waals surface area contributed by atoms with Gasteiger partial charge in [0.05, 0.1) is 28.1 Å². The predicted molar refractivity (Wildman–Crippen MR) is 249 cm³/mol. The maximum Gasteiger partial charge on any atom is 0.0541 e. The van der Waals surface area contributed by atoms with Crippen LogP contribution in [0.3, 0.4) is 0 Å². The number of anilines is 3. The first kappa shape index (κ1) is 34.1. The highest BCUT2D eigenvalue weighted by atomic mass is 15.1. The average Bonchev–Trinajstić information content (AvgIpc) is 3.60. The van der Waals surface area contributed by atoms with Gasteiger partial charge in [-0.05, 0) is 91.7 Å². The van der Waals surface area contributed by atoms with Crippen LogP contribution in [-0.2, 0) is 5.41 Å². The highest BCUT2D eigenvalue weighted by Gasteiger charge is 2.24. The van der Waals surface area contributed by atoms with Crippen LogP contribution in [0.1, 0.15) is 26.3 Å². The van der Waals surface area contributed by atoms with Gasteiger partial charge in [-0.25, -0.2) is 0 Å². The zero-order valence-corrected chi connectivity index (χ0v) is 32.9. The summed E-state index contributed by atoms with van der Waals surface area (Å²) in [6.45, 7) is 6.85. The van der Waals surface area contributed by atoms with E-state index < -0.39 is 0 Å². The molecule has 0 bridgehead atoms. The Morgan fingerprint density at radius 2 is 0.914 bits per heavy atom. The molecule has 0 radical (unpaired) electrons. The van der Waals surface area contributed by atoms with Crippen molar-refractivity contribution in [2.24, 2.45) is 0 Å². The molecule has 276 valence electrons. The fraction of sp³-hybridized carbons (Fsp3) is 0.0714. The first-order valence-corrected chi connectivity index (χ1v) is 20.3. The largest absolute Gasteiger partial charge is 0.309 e. The van der Waals surface area contributed by atoms with Gasteiger partial charge in [0.2, 0.25) is 0 Å². The van der Waals surface area contributed by atoms with E-state index in [4.69, 9.17) is 0 Å². The van der Waals surface area contributed by atoms with Crippen LogP contribution in [0, 0.1) is 0 Å². The minimum Gasteiger partial charge on any atom is -0.309 e. The van der Waals surface area contributed by atoms with E-state index in [0.717, 1.165) is 17.1 Å². The van der Waals surface area contributed by atoms with Gasteiger partial charge in [0.15, 0.2) is 0 Å². The molecule has 1 heterocycles. The average molecular weight is 743 g/mol. The highest BCUT2D eigenvalue weighted by molar-refractivity contribution is 6.27. The van der Waals surface area contributed by atoms with Gasteiger partial charge in [0.25, 0.3) is 0 Å². The number of hydrogen-bond acceptors (Lipinski definition) is 1. The predicted octanol–water partition coefficient (Wildman–Crippen LogP) is 15.8. The Kier molecular flexibility index (Phi) is 7.78. The number of benzene rings is 10. The first-order valence-electron chi connectivity index (χ1n) is 20.3. The second-order valence-electron chi connectivity index (χ2n) is 16.5. The highest BCUT2D eigenvalue weighted by Crippen LogP contribution is 2.48. The van der Waals surface area contributed by atoms with Crippen molar-refractivity contribution in [2.45, 2.75) is 26.2 Å². The number of aromatic nitrogens is 1. The second kappa shape index (κ2) is 13.2. The van der Waals surface area contributed by atoms with E-state index >= 15 is 0 Å². The number of rotatable bonds is 6. The fourth-order valence-corrected chi connectivity index (χ4v) is 9.34. The number of hydrogen-bond donors (Lipinski definition) is 0. The van der Waals surface area contributed by atoms with Gasteiger partial charge in [0, 0.05) is 32.8 Å². The Morgan fingerprint density at radius 3 is 1.60 bits per heavy atom. The van der Waals surface area contributed by atoms with Crippen LogP contribution in [0.5, 0.6) is 0 Å². The lowest BCUT2D eigenvalue weighted by atomic mass is 9.87. The van der Waals surface area contributed by atoms with Crippen LogP contribution < -0.4 is 4.90 Å². The topological polar surface area (TPSA) is 8.17 Å². The van der Waals surface area contributed by atoms with Crippen molar-refractivity contribution in [3.05, 3.63) is 206 Å². The summed E-state index contributed by atoms with van der Waals surface area (Å²) in [6.07, 6.45) is 0. The lowest BCUT2D eigenvalue weighted by Crippen LogP contribution is -2.14. The molecule has 0 aliphatic heterocycles. The molecule has 58 heavy (non-hydrogen) atoms. The van der Waals surface area contributed by atoms with Gasteiger partial charge in [-0.1, -0.05) is 178 Å². The molecule has 2 heteroatoms. The molecular weight excluding hydrogens is 701 g/mol. The molecule has 0 fully saturated rings. The standard InChI is InChI=1S/C56H42N2/c1-56(2,3)40-29-31-41(32-30-40)57(49-22-12-9-19-44(49)43-18-8-7-17-42(43)37-15-5-4-6-16-37)52-35-27-38-26-34-48-53(36-28-39-25-33-47(52)54(38)55(39)48)58-50-23-13-10-20-45(50)46-21-11-14-24-51(46)58/h4-36H,1-3H3. The summed E-state index contributed by atoms with van der Waals surface area (Å²) in [7, 11) is 0. The third-order valence-corrected chi connectivity index (χ3v) is 12.1. The van der Waals surface area contributed by atoms with Crippen LogP contribution in [0.2, 0.25) is 0 Å². The van der Waals surface area contributed by atoms with Gasteiger partial charge in [-0.3, -0.25) is 0 Å². The van der Waals surface area contributed by atoms with Gasteiger partial charge < -0.3 is 9.47 Å². The molecule has 11 rings (SSSR count). The second-order valence-corrected chi connectivity index (χ2v) is 16.5. The third kappa shape index (κ3) is 5.33. The normalized spacial score (nSPS) is 12.1. The molecule has 0 unspecified atom stereocenters. The van der Waals surface area contributed by atoms with E-state index in [1.54, 1.807) is 0 Å². The monoisotopic (exact) mass is 742 g/mol. The van der Waals surface area contributed by atoms with Gasteiger partial charge >= 0.3 is 0 Å². The van der Waals surface area contributed by atoms with Crippen LogP contribution in [0.15, 0.2) is 200 Å².